The molecule has 4 nitrogen and oxygen atoms in total. The van der Waals surface area contributed by atoms with Crippen molar-refractivity contribution in [3.8, 4) is 0 Å². The fourth-order valence-corrected chi connectivity index (χ4v) is 1.60. The van der Waals surface area contributed by atoms with Gasteiger partial charge in [-0.1, -0.05) is 6.07 Å². The maximum atomic E-state index is 4.25. The molecule has 78 valence electrons. The number of aromatic amines is 1. The van der Waals surface area contributed by atoms with Crippen molar-refractivity contribution in [2.45, 2.75) is 0 Å². The summed E-state index contributed by atoms with van der Waals surface area (Å²) in [5.74, 6) is 1.71. The van der Waals surface area contributed by atoms with Gasteiger partial charge in [-0.3, -0.25) is 4.98 Å². The number of aromatic nitrogens is 3. The summed E-state index contributed by atoms with van der Waals surface area (Å²) in [5.41, 5.74) is 1.96. The van der Waals surface area contributed by atoms with Crippen LogP contribution in [0.3, 0.4) is 0 Å². The second kappa shape index (κ2) is 3.66. The number of H-pyrrole nitrogens is 1. The molecule has 0 aromatic carbocycles. The lowest BCUT2D eigenvalue weighted by Crippen LogP contribution is -1.91. The molecule has 0 fully saturated rings. The minimum atomic E-state index is 0.814. The minimum absolute atomic E-state index is 0.814. The van der Waals surface area contributed by atoms with E-state index >= 15 is 0 Å². The molecular formula is C12H10N4. The normalized spacial score (nSPS) is 10.5. The quantitative estimate of drug-likeness (QED) is 0.683. The number of fused-ring (bicyclic) bond motifs is 1. The number of anilines is 2. The molecule has 0 saturated heterocycles. The average molecular weight is 210 g/mol. The van der Waals surface area contributed by atoms with Gasteiger partial charge >= 0.3 is 0 Å². The molecule has 0 bridgehead atoms. The third kappa shape index (κ3) is 1.61. The van der Waals surface area contributed by atoms with Gasteiger partial charge in [-0.25, -0.2) is 4.98 Å². The van der Waals surface area contributed by atoms with Crippen LogP contribution in [-0.4, -0.2) is 15.0 Å². The van der Waals surface area contributed by atoms with Gasteiger partial charge in [0.2, 0.25) is 0 Å². The maximum absolute atomic E-state index is 4.25. The number of hydrogen-bond acceptors (Lipinski definition) is 3. The van der Waals surface area contributed by atoms with Crippen LogP contribution in [0, 0.1) is 0 Å². The van der Waals surface area contributed by atoms with E-state index in [1.165, 1.54) is 0 Å². The molecule has 0 spiro atoms. The summed E-state index contributed by atoms with van der Waals surface area (Å²) in [6.45, 7) is 0. The maximum Gasteiger partial charge on any atom is 0.131 e. The lowest BCUT2D eigenvalue weighted by atomic mass is 10.4. The first-order valence-electron chi connectivity index (χ1n) is 5.03. The molecule has 4 heteroatoms. The molecule has 3 heterocycles. The van der Waals surface area contributed by atoms with Crippen molar-refractivity contribution in [1.29, 1.82) is 0 Å². The third-order valence-electron chi connectivity index (χ3n) is 2.32. The van der Waals surface area contributed by atoms with Crippen molar-refractivity contribution in [2.24, 2.45) is 0 Å². The Morgan fingerprint density at radius 3 is 2.75 bits per heavy atom. The average Bonchev–Trinajstić information content (AvgIpc) is 2.72. The first-order valence-corrected chi connectivity index (χ1v) is 5.03. The van der Waals surface area contributed by atoms with Crippen LogP contribution >= 0.6 is 0 Å². The van der Waals surface area contributed by atoms with Gasteiger partial charge in [-0.15, -0.1) is 0 Å². The van der Waals surface area contributed by atoms with Crippen LogP contribution in [0.1, 0.15) is 0 Å². The van der Waals surface area contributed by atoms with E-state index in [0.29, 0.717) is 0 Å². The van der Waals surface area contributed by atoms with Crippen molar-refractivity contribution >= 4 is 22.7 Å². The molecule has 16 heavy (non-hydrogen) atoms. The zero-order chi connectivity index (χ0) is 10.8. The minimum Gasteiger partial charge on any atom is -0.340 e. The predicted molar refractivity (Wildman–Crippen MR) is 63.6 cm³/mol. The summed E-state index contributed by atoms with van der Waals surface area (Å²) in [7, 11) is 0. The molecule has 0 radical (unpaired) electrons. The van der Waals surface area contributed by atoms with E-state index in [2.05, 4.69) is 20.3 Å². The van der Waals surface area contributed by atoms with Gasteiger partial charge in [0, 0.05) is 18.5 Å². The van der Waals surface area contributed by atoms with Crippen molar-refractivity contribution in [1.82, 2.24) is 15.0 Å². The Hall–Kier alpha value is -2.36. The van der Waals surface area contributed by atoms with E-state index < -0.39 is 0 Å². The van der Waals surface area contributed by atoms with Crippen molar-refractivity contribution < 1.29 is 0 Å². The largest absolute Gasteiger partial charge is 0.340 e. The van der Waals surface area contributed by atoms with Crippen molar-refractivity contribution in [3.63, 3.8) is 0 Å². The van der Waals surface area contributed by atoms with E-state index in [0.717, 1.165) is 22.7 Å². The SMILES string of the molecule is c1ccc(Nc2cc3ncccc3[nH]2)nc1. The van der Waals surface area contributed by atoms with Gasteiger partial charge in [-0.2, -0.15) is 0 Å². The van der Waals surface area contributed by atoms with Crippen LogP contribution in [0.25, 0.3) is 11.0 Å². The molecule has 0 aliphatic heterocycles. The van der Waals surface area contributed by atoms with Crippen LogP contribution in [0.4, 0.5) is 11.6 Å². The van der Waals surface area contributed by atoms with Gasteiger partial charge < -0.3 is 10.3 Å². The zero-order valence-electron chi connectivity index (χ0n) is 8.51. The highest BCUT2D eigenvalue weighted by molar-refractivity contribution is 5.80. The molecule has 3 rings (SSSR count). The lowest BCUT2D eigenvalue weighted by Gasteiger charge is -2.00. The number of nitrogens with zero attached hydrogens (tertiary/aromatic N) is 2. The number of nitrogens with one attached hydrogen (secondary N) is 2. The Morgan fingerprint density at radius 2 is 1.94 bits per heavy atom. The summed E-state index contributed by atoms with van der Waals surface area (Å²) in [5, 5.41) is 3.19. The molecule has 0 aliphatic carbocycles. The molecular weight excluding hydrogens is 200 g/mol. The van der Waals surface area contributed by atoms with E-state index in [-0.39, 0.29) is 0 Å². The molecule has 0 unspecified atom stereocenters. The highest BCUT2D eigenvalue weighted by Crippen LogP contribution is 2.18. The third-order valence-corrected chi connectivity index (χ3v) is 2.32. The Morgan fingerprint density at radius 1 is 1.00 bits per heavy atom. The highest BCUT2D eigenvalue weighted by atomic mass is 15.1. The van der Waals surface area contributed by atoms with Gasteiger partial charge in [-0.05, 0) is 24.3 Å². The molecule has 3 aromatic rings. The fourth-order valence-electron chi connectivity index (χ4n) is 1.60. The monoisotopic (exact) mass is 210 g/mol. The van der Waals surface area contributed by atoms with Crippen LogP contribution in [0.2, 0.25) is 0 Å². The lowest BCUT2D eigenvalue weighted by molar-refractivity contribution is 1.29. The van der Waals surface area contributed by atoms with Crippen LogP contribution in [0.15, 0.2) is 48.8 Å². The molecule has 3 aromatic heterocycles. The summed E-state index contributed by atoms with van der Waals surface area (Å²) < 4.78 is 0. The Kier molecular flexibility index (Phi) is 2.04. The summed E-state index contributed by atoms with van der Waals surface area (Å²) in [4.78, 5) is 11.7. The van der Waals surface area contributed by atoms with Crippen LogP contribution in [-0.2, 0) is 0 Å². The topological polar surface area (TPSA) is 53.6 Å². The Labute approximate surface area is 92.4 Å². The van der Waals surface area contributed by atoms with E-state index in [4.69, 9.17) is 0 Å². The fraction of sp³-hybridized carbons (Fsp3) is 0. The highest BCUT2D eigenvalue weighted by Gasteiger charge is 2.00. The Balaban J connectivity index is 1.95. The molecule has 0 saturated carbocycles. The molecule has 2 N–H and O–H groups in total. The first-order chi connectivity index (χ1) is 7.92. The van der Waals surface area contributed by atoms with Crippen molar-refractivity contribution in [3.05, 3.63) is 48.8 Å². The zero-order valence-corrected chi connectivity index (χ0v) is 8.51. The molecule has 0 amide bonds. The number of pyridine rings is 2. The van der Waals surface area contributed by atoms with Crippen LogP contribution in [0.5, 0.6) is 0 Å². The van der Waals surface area contributed by atoms with Gasteiger partial charge in [0.1, 0.15) is 11.6 Å². The second-order valence-corrected chi connectivity index (χ2v) is 3.46. The molecule has 0 aliphatic rings. The van der Waals surface area contributed by atoms with Crippen molar-refractivity contribution in [2.75, 3.05) is 5.32 Å². The van der Waals surface area contributed by atoms with Gasteiger partial charge in [0.15, 0.2) is 0 Å². The number of rotatable bonds is 2. The summed E-state index contributed by atoms with van der Waals surface area (Å²) >= 11 is 0. The smallest absolute Gasteiger partial charge is 0.131 e. The van der Waals surface area contributed by atoms with Gasteiger partial charge in [0.05, 0.1) is 11.0 Å². The first kappa shape index (κ1) is 8.91. The van der Waals surface area contributed by atoms with Gasteiger partial charge in [0.25, 0.3) is 0 Å². The summed E-state index contributed by atoms with van der Waals surface area (Å²) in [6.07, 6.45) is 3.53. The Bertz CT molecular complexity index is 567. The predicted octanol–water partition coefficient (Wildman–Crippen LogP) is 2.70. The second-order valence-electron chi connectivity index (χ2n) is 3.46. The van der Waals surface area contributed by atoms with Crippen LogP contribution < -0.4 is 5.32 Å². The summed E-state index contributed by atoms with van der Waals surface area (Å²) in [6, 6.07) is 11.6. The number of hydrogen-bond donors (Lipinski definition) is 2. The standard InChI is InChI=1S/C12H10N4/c1-2-6-14-11(5-1)16-12-8-10-9(15-12)4-3-7-13-10/h1-8,15H,(H,14,16). The van der Waals surface area contributed by atoms with E-state index in [1.54, 1.807) is 12.4 Å². The molecule has 0 atom stereocenters. The van der Waals surface area contributed by atoms with E-state index in [1.807, 2.05) is 36.4 Å². The van der Waals surface area contributed by atoms with E-state index in [9.17, 15) is 0 Å².